The predicted molar refractivity (Wildman–Crippen MR) is 81.8 cm³/mol. The summed E-state index contributed by atoms with van der Waals surface area (Å²) in [6.45, 7) is 3.70. The Morgan fingerprint density at radius 1 is 1.38 bits per heavy atom. The lowest BCUT2D eigenvalue weighted by atomic mass is 10.1. The van der Waals surface area contributed by atoms with Gasteiger partial charge in [0.15, 0.2) is 18.0 Å². The van der Waals surface area contributed by atoms with Gasteiger partial charge in [0.05, 0.1) is 19.2 Å². The first-order chi connectivity index (χ1) is 11.5. The number of aliphatic hydroxyl groups is 1. The second-order valence-electron chi connectivity index (χ2n) is 6.00. The van der Waals surface area contributed by atoms with Crippen molar-refractivity contribution >= 4 is 17.7 Å². The minimum Gasteiger partial charge on any atom is -0.479 e. The van der Waals surface area contributed by atoms with Crippen molar-refractivity contribution in [3.63, 3.8) is 0 Å². The molecule has 1 amide bonds. The van der Waals surface area contributed by atoms with Crippen molar-refractivity contribution in [2.24, 2.45) is 0 Å². The number of aliphatic hydroxyl groups excluding tert-OH is 1. The molecule has 2 N–H and O–H groups in total. The van der Waals surface area contributed by atoms with Gasteiger partial charge in [-0.25, -0.2) is 4.79 Å². The molecule has 132 valence electrons. The molecule has 2 aliphatic rings. The first-order valence-electron chi connectivity index (χ1n) is 7.97. The van der Waals surface area contributed by atoms with Gasteiger partial charge in [0.25, 0.3) is 5.91 Å². The molecule has 2 fully saturated rings. The smallest absolute Gasteiger partial charge is 0.335 e. The van der Waals surface area contributed by atoms with Crippen molar-refractivity contribution in [2.75, 3.05) is 31.3 Å². The van der Waals surface area contributed by atoms with E-state index < -0.39 is 24.1 Å². The average Bonchev–Trinajstić information content (AvgIpc) is 2.96. The number of carbonyl (C=O) groups excluding carboxylic acids is 1. The zero-order valence-electron chi connectivity index (χ0n) is 13.4. The molecular formula is C15H21N3O6. The van der Waals surface area contributed by atoms with E-state index in [4.69, 9.17) is 14.6 Å². The summed E-state index contributed by atoms with van der Waals surface area (Å²) in [6, 6.07) is 2.02. The van der Waals surface area contributed by atoms with Crippen LogP contribution in [0.1, 0.15) is 24.6 Å². The first-order valence-corrected chi connectivity index (χ1v) is 7.97. The van der Waals surface area contributed by atoms with Crippen molar-refractivity contribution < 1.29 is 29.3 Å². The Morgan fingerprint density at radius 3 is 2.75 bits per heavy atom. The zero-order valence-corrected chi connectivity index (χ0v) is 13.4. The van der Waals surface area contributed by atoms with Crippen LogP contribution in [0.15, 0.2) is 6.07 Å². The molecule has 0 aliphatic carbocycles. The molecule has 1 unspecified atom stereocenters. The van der Waals surface area contributed by atoms with Crippen LogP contribution in [0.3, 0.4) is 0 Å². The number of carboxylic acids is 1. The largest absolute Gasteiger partial charge is 0.479 e. The summed E-state index contributed by atoms with van der Waals surface area (Å²) in [5, 5.41) is 23.1. The second kappa shape index (κ2) is 6.88. The average molecular weight is 339 g/mol. The van der Waals surface area contributed by atoms with Crippen LogP contribution in [0.2, 0.25) is 0 Å². The maximum atomic E-state index is 12.5. The van der Waals surface area contributed by atoms with E-state index >= 15 is 0 Å². The van der Waals surface area contributed by atoms with Crippen LogP contribution in [-0.2, 0) is 19.1 Å². The highest BCUT2D eigenvalue weighted by molar-refractivity contribution is 5.99. The Kier molecular flexibility index (Phi) is 4.83. The Bertz CT molecular complexity index is 625. The van der Waals surface area contributed by atoms with E-state index in [1.165, 1.54) is 4.90 Å². The number of aryl methyl sites for hydroxylation is 1. The van der Waals surface area contributed by atoms with Crippen LogP contribution in [0, 0.1) is 6.92 Å². The fraction of sp³-hybridized carbons (Fsp3) is 0.667. The molecule has 0 aromatic carbocycles. The van der Waals surface area contributed by atoms with Gasteiger partial charge < -0.3 is 19.7 Å². The van der Waals surface area contributed by atoms with Gasteiger partial charge in [-0.1, -0.05) is 0 Å². The number of ether oxygens (including phenoxy) is 2. The molecule has 0 radical (unpaired) electrons. The molecule has 3 rings (SSSR count). The van der Waals surface area contributed by atoms with Crippen LogP contribution < -0.4 is 4.90 Å². The molecule has 2 aliphatic heterocycles. The van der Waals surface area contributed by atoms with E-state index in [0.717, 1.165) is 18.5 Å². The normalized spacial score (nSPS) is 24.2. The number of nitrogens with zero attached hydrogens (tertiary/aromatic N) is 3. The van der Waals surface area contributed by atoms with E-state index in [1.807, 2.05) is 11.6 Å². The molecule has 2 atom stereocenters. The molecule has 24 heavy (non-hydrogen) atoms. The lowest BCUT2D eigenvalue weighted by molar-refractivity contribution is -0.163. The fourth-order valence-corrected chi connectivity index (χ4v) is 3.09. The molecule has 9 heteroatoms. The third-order valence-electron chi connectivity index (χ3n) is 4.38. The van der Waals surface area contributed by atoms with Gasteiger partial charge in [-0.3, -0.25) is 14.4 Å². The lowest BCUT2D eigenvalue weighted by Crippen LogP contribution is -2.54. The fourth-order valence-electron chi connectivity index (χ4n) is 3.09. The summed E-state index contributed by atoms with van der Waals surface area (Å²) in [4.78, 5) is 24.8. The van der Waals surface area contributed by atoms with Crippen molar-refractivity contribution in [1.29, 1.82) is 0 Å². The zero-order chi connectivity index (χ0) is 17.3. The SMILES string of the molecule is Cc1cc(N2CCO[C@H](C(O)C(=O)O)C2=O)nn1C1CCOCC1. The number of hydrogen-bond donors (Lipinski definition) is 2. The maximum Gasteiger partial charge on any atom is 0.335 e. The number of amides is 1. The number of hydrogen-bond acceptors (Lipinski definition) is 6. The summed E-state index contributed by atoms with van der Waals surface area (Å²) in [6.07, 6.45) is -1.58. The molecule has 0 spiro atoms. The minimum atomic E-state index is -1.89. The van der Waals surface area contributed by atoms with Gasteiger partial charge in [-0.05, 0) is 19.8 Å². The van der Waals surface area contributed by atoms with Gasteiger partial charge in [0, 0.05) is 25.0 Å². The quantitative estimate of drug-likeness (QED) is 0.775. The van der Waals surface area contributed by atoms with Gasteiger partial charge >= 0.3 is 5.97 Å². The molecule has 3 heterocycles. The highest BCUT2D eigenvalue weighted by Crippen LogP contribution is 2.26. The topological polar surface area (TPSA) is 114 Å². The maximum absolute atomic E-state index is 12.5. The summed E-state index contributed by atoms with van der Waals surface area (Å²) in [5.74, 6) is -1.62. The summed E-state index contributed by atoms with van der Waals surface area (Å²) >= 11 is 0. The first kappa shape index (κ1) is 16.9. The summed E-state index contributed by atoms with van der Waals surface area (Å²) < 4.78 is 12.4. The van der Waals surface area contributed by atoms with Crippen LogP contribution >= 0.6 is 0 Å². The number of aliphatic carboxylic acids is 1. The molecular weight excluding hydrogens is 318 g/mol. The van der Waals surface area contributed by atoms with E-state index in [2.05, 4.69) is 5.10 Å². The van der Waals surface area contributed by atoms with Crippen molar-refractivity contribution in [3.8, 4) is 0 Å². The Morgan fingerprint density at radius 2 is 2.08 bits per heavy atom. The second-order valence-corrected chi connectivity index (χ2v) is 6.00. The highest BCUT2D eigenvalue weighted by atomic mass is 16.5. The molecule has 1 aromatic heterocycles. The van der Waals surface area contributed by atoms with Gasteiger partial charge in [-0.15, -0.1) is 0 Å². The standard InChI is InChI=1S/C15H21N3O6/c1-9-8-11(16-18(9)10-2-5-23-6-3-10)17-4-7-24-13(14(17)20)12(19)15(21)22/h8,10,12-13,19H,2-7H2,1H3,(H,21,22)/t12?,13-/m1/s1. The molecule has 0 saturated carbocycles. The van der Waals surface area contributed by atoms with Gasteiger partial charge in [-0.2, -0.15) is 5.10 Å². The van der Waals surface area contributed by atoms with Crippen molar-refractivity contribution in [2.45, 2.75) is 38.0 Å². The number of carboxylic acid groups (broad SMARTS) is 1. The number of carbonyl (C=O) groups is 2. The van der Waals surface area contributed by atoms with Crippen LogP contribution in [0.25, 0.3) is 0 Å². The Labute approximate surface area is 138 Å². The lowest BCUT2D eigenvalue weighted by Gasteiger charge is -2.32. The minimum absolute atomic E-state index is 0.143. The van der Waals surface area contributed by atoms with Crippen molar-refractivity contribution in [1.82, 2.24) is 9.78 Å². The van der Waals surface area contributed by atoms with Crippen LogP contribution in [-0.4, -0.2) is 70.4 Å². The molecule has 9 nitrogen and oxygen atoms in total. The van der Waals surface area contributed by atoms with Crippen LogP contribution in [0.5, 0.6) is 0 Å². The Hall–Kier alpha value is -1.97. The molecule has 2 saturated heterocycles. The third kappa shape index (κ3) is 3.14. The van der Waals surface area contributed by atoms with Gasteiger partial charge in [0.1, 0.15) is 0 Å². The van der Waals surface area contributed by atoms with E-state index in [1.54, 1.807) is 6.07 Å². The van der Waals surface area contributed by atoms with E-state index in [9.17, 15) is 14.7 Å². The summed E-state index contributed by atoms with van der Waals surface area (Å²) in [5.41, 5.74) is 0.923. The third-order valence-corrected chi connectivity index (χ3v) is 4.38. The molecule has 1 aromatic rings. The van der Waals surface area contributed by atoms with E-state index in [-0.39, 0.29) is 19.2 Å². The monoisotopic (exact) mass is 339 g/mol. The predicted octanol–water partition coefficient (Wildman–Crippen LogP) is -0.280. The number of rotatable bonds is 4. The van der Waals surface area contributed by atoms with Gasteiger partial charge in [0.2, 0.25) is 0 Å². The van der Waals surface area contributed by atoms with Crippen LogP contribution in [0.4, 0.5) is 5.82 Å². The number of anilines is 1. The Balaban J connectivity index is 1.80. The number of morpholine rings is 1. The summed E-state index contributed by atoms with van der Waals surface area (Å²) in [7, 11) is 0. The van der Waals surface area contributed by atoms with E-state index in [0.29, 0.717) is 19.0 Å². The number of aromatic nitrogens is 2. The molecule has 0 bridgehead atoms. The van der Waals surface area contributed by atoms with Crippen molar-refractivity contribution in [3.05, 3.63) is 11.8 Å². The highest BCUT2D eigenvalue weighted by Gasteiger charge is 2.40.